The molecular formula is C16H20O2S. The molecule has 0 aliphatic heterocycles. The van der Waals surface area contributed by atoms with Gasteiger partial charge >= 0.3 is 0 Å². The summed E-state index contributed by atoms with van der Waals surface area (Å²) in [5.41, 5.74) is 2.03. The second-order valence-corrected chi connectivity index (χ2v) is 7.44. The monoisotopic (exact) mass is 276 g/mol. The van der Waals surface area contributed by atoms with Crippen LogP contribution in [0.5, 0.6) is 0 Å². The van der Waals surface area contributed by atoms with Gasteiger partial charge in [0.2, 0.25) is 0 Å². The second-order valence-electron chi connectivity index (χ2n) is 5.31. The molecule has 1 aliphatic rings. The smallest absolute Gasteiger partial charge is 0.185 e. The third kappa shape index (κ3) is 2.81. The van der Waals surface area contributed by atoms with Crippen molar-refractivity contribution in [1.82, 2.24) is 0 Å². The fourth-order valence-corrected chi connectivity index (χ4v) is 4.48. The maximum Gasteiger partial charge on any atom is 0.185 e. The van der Waals surface area contributed by atoms with E-state index >= 15 is 0 Å². The summed E-state index contributed by atoms with van der Waals surface area (Å²) in [5.74, 6) is 0.271. The molecule has 1 aromatic carbocycles. The molecule has 1 aliphatic carbocycles. The Kier molecular flexibility index (Phi) is 3.95. The van der Waals surface area contributed by atoms with Crippen molar-refractivity contribution in [3.63, 3.8) is 0 Å². The van der Waals surface area contributed by atoms with Gasteiger partial charge in [-0.1, -0.05) is 42.0 Å². The maximum atomic E-state index is 12.7. The van der Waals surface area contributed by atoms with Crippen LogP contribution < -0.4 is 0 Å². The minimum atomic E-state index is -3.29. The predicted molar refractivity (Wildman–Crippen MR) is 78.7 cm³/mol. The predicted octanol–water partition coefficient (Wildman–Crippen LogP) is 3.76. The van der Waals surface area contributed by atoms with Crippen molar-refractivity contribution >= 4 is 9.84 Å². The van der Waals surface area contributed by atoms with E-state index in [4.69, 9.17) is 0 Å². The van der Waals surface area contributed by atoms with Gasteiger partial charge in [-0.15, -0.1) is 0 Å². The Hall–Kier alpha value is -1.35. The first-order chi connectivity index (χ1) is 8.93. The van der Waals surface area contributed by atoms with Gasteiger partial charge in [0, 0.05) is 0 Å². The molecule has 0 radical (unpaired) electrons. The van der Waals surface area contributed by atoms with Crippen LogP contribution in [0.15, 0.2) is 59.0 Å². The molecule has 0 saturated heterocycles. The Balaban J connectivity index is 2.38. The molecule has 0 heterocycles. The van der Waals surface area contributed by atoms with Crippen molar-refractivity contribution in [3.8, 4) is 0 Å². The number of allylic oxidation sites excluding steroid dienone is 2. The average molecular weight is 276 g/mol. The SMILES string of the molecule is C=C(C)[C@@H]1CC=C(C)C(S(=O)(=O)c2ccccc2)C1. The fraction of sp³-hybridized carbons (Fsp3) is 0.375. The lowest BCUT2D eigenvalue weighted by Crippen LogP contribution is -2.28. The van der Waals surface area contributed by atoms with Gasteiger partial charge in [0.15, 0.2) is 9.84 Å². The zero-order valence-electron chi connectivity index (χ0n) is 11.5. The van der Waals surface area contributed by atoms with Crippen molar-refractivity contribution in [2.75, 3.05) is 0 Å². The normalized spacial score (nSPS) is 23.8. The van der Waals surface area contributed by atoms with E-state index in [1.165, 1.54) is 0 Å². The summed E-state index contributed by atoms with van der Waals surface area (Å²) < 4.78 is 25.4. The number of rotatable bonds is 3. The second kappa shape index (κ2) is 5.33. The van der Waals surface area contributed by atoms with Gasteiger partial charge in [-0.25, -0.2) is 8.42 Å². The first kappa shape index (κ1) is 14.1. The van der Waals surface area contributed by atoms with Crippen LogP contribution in [0.25, 0.3) is 0 Å². The van der Waals surface area contributed by atoms with E-state index in [1.807, 2.05) is 26.0 Å². The molecule has 102 valence electrons. The van der Waals surface area contributed by atoms with E-state index in [1.54, 1.807) is 24.3 Å². The molecule has 3 heteroatoms. The summed E-state index contributed by atoms with van der Waals surface area (Å²) in [6.07, 6.45) is 3.60. The fourth-order valence-electron chi connectivity index (χ4n) is 2.55. The summed E-state index contributed by atoms with van der Waals surface area (Å²) in [7, 11) is -3.29. The van der Waals surface area contributed by atoms with Crippen molar-refractivity contribution in [3.05, 3.63) is 54.1 Å². The molecule has 0 bridgehead atoms. The standard InChI is InChI=1S/C16H20O2S/c1-12(2)14-10-9-13(3)16(11-14)19(17,18)15-7-5-4-6-8-15/h4-9,14,16H,1,10-11H2,2-3H3/t14-,16?/m1/s1. The summed E-state index contributed by atoms with van der Waals surface area (Å²) in [6.45, 7) is 7.86. The van der Waals surface area contributed by atoms with Crippen LogP contribution >= 0.6 is 0 Å². The van der Waals surface area contributed by atoms with Crippen LogP contribution in [0, 0.1) is 5.92 Å². The molecule has 2 nitrogen and oxygen atoms in total. The Labute approximate surface area is 115 Å². The van der Waals surface area contributed by atoms with Crippen LogP contribution in [0.1, 0.15) is 26.7 Å². The maximum absolute atomic E-state index is 12.7. The van der Waals surface area contributed by atoms with E-state index in [9.17, 15) is 8.42 Å². The molecule has 1 aromatic rings. The van der Waals surface area contributed by atoms with Crippen LogP contribution in [0.2, 0.25) is 0 Å². The van der Waals surface area contributed by atoms with Gasteiger partial charge in [0.25, 0.3) is 0 Å². The van der Waals surface area contributed by atoms with Crippen LogP contribution in [0.4, 0.5) is 0 Å². The highest BCUT2D eigenvalue weighted by Crippen LogP contribution is 2.34. The Morgan fingerprint density at radius 3 is 2.47 bits per heavy atom. The Morgan fingerprint density at radius 2 is 1.89 bits per heavy atom. The largest absolute Gasteiger partial charge is 0.223 e. The number of benzene rings is 1. The van der Waals surface area contributed by atoms with Crippen LogP contribution in [-0.4, -0.2) is 13.7 Å². The van der Waals surface area contributed by atoms with Gasteiger partial charge in [0.05, 0.1) is 10.1 Å². The van der Waals surface area contributed by atoms with Gasteiger partial charge in [-0.2, -0.15) is 0 Å². The van der Waals surface area contributed by atoms with E-state index < -0.39 is 15.1 Å². The highest BCUT2D eigenvalue weighted by molar-refractivity contribution is 7.92. The summed E-state index contributed by atoms with van der Waals surface area (Å²) in [4.78, 5) is 0.412. The molecule has 2 rings (SSSR count). The molecule has 0 N–H and O–H groups in total. The quantitative estimate of drug-likeness (QED) is 0.788. The number of hydrogen-bond acceptors (Lipinski definition) is 2. The van der Waals surface area contributed by atoms with Gasteiger partial charge in [-0.3, -0.25) is 0 Å². The lowest BCUT2D eigenvalue weighted by molar-refractivity contribution is 0.517. The minimum absolute atomic E-state index is 0.271. The lowest BCUT2D eigenvalue weighted by Gasteiger charge is -2.28. The molecule has 1 unspecified atom stereocenters. The van der Waals surface area contributed by atoms with Gasteiger partial charge in [-0.05, 0) is 44.7 Å². The molecule has 0 fully saturated rings. The van der Waals surface area contributed by atoms with Gasteiger partial charge in [0.1, 0.15) is 0 Å². The highest BCUT2D eigenvalue weighted by atomic mass is 32.2. The molecule has 0 amide bonds. The molecule has 2 atom stereocenters. The minimum Gasteiger partial charge on any atom is -0.223 e. The third-order valence-corrected chi connectivity index (χ3v) is 6.12. The number of sulfone groups is 1. The third-order valence-electron chi connectivity index (χ3n) is 3.87. The highest BCUT2D eigenvalue weighted by Gasteiger charge is 2.33. The van der Waals surface area contributed by atoms with Gasteiger partial charge < -0.3 is 0 Å². The van der Waals surface area contributed by atoms with E-state index in [0.29, 0.717) is 11.3 Å². The summed E-state index contributed by atoms with van der Waals surface area (Å²) in [5, 5.41) is -0.412. The molecule has 0 aromatic heterocycles. The topological polar surface area (TPSA) is 34.1 Å². The number of hydrogen-bond donors (Lipinski definition) is 0. The zero-order chi connectivity index (χ0) is 14.0. The molecule has 0 spiro atoms. The Bertz CT molecular complexity index is 597. The average Bonchev–Trinajstić information content (AvgIpc) is 2.39. The van der Waals surface area contributed by atoms with Crippen LogP contribution in [-0.2, 0) is 9.84 Å². The molecule has 19 heavy (non-hydrogen) atoms. The first-order valence-electron chi connectivity index (χ1n) is 6.54. The lowest BCUT2D eigenvalue weighted by atomic mass is 9.86. The van der Waals surface area contributed by atoms with E-state index in [0.717, 1.165) is 17.6 Å². The van der Waals surface area contributed by atoms with Crippen molar-refractivity contribution < 1.29 is 8.42 Å². The van der Waals surface area contributed by atoms with E-state index in [-0.39, 0.29) is 5.92 Å². The summed E-state index contributed by atoms with van der Waals surface area (Å²) in [6, 6.07) is 8.72. The van der Waals surface area contributed by atoms with Crippen molar-refractivity contribution in [1.29, 1.82) is 0 Å². The Morgan fingerprint density at radius 1 is 1.26 bits per heavy atom. The zero-order valence-corrected chi connectivity index (χ0v) is 12.3. The van der Waals surface area contributed by atoms with Crippen molar-refractivity contribution in [2.24, 2.45) is 5.92 Å². The summed E-state index contributed by atoms with van der Waals surface area (Å²) >= 11 is 0. The molecule has 0 saturated carbocycles. The first-order valence-corrected chi connectivity index (χ1v) is 8.08. The van der Waals surface area contributed by atoms with E-state index in [2.05, 4.69) is 6.58 Å². The molecular weight excluding hydrogens is 256 g/mol. The van der Waals surface area contributed by atoms with Crippen LogP contribution in [0.3, 0.4) is 0 Å². The van der Waals surface area contributed by atoms with Crippen molar-refractivity contribution in [2.45, 2.75) is 36.8 Å².